The summed E-state index contributed by atoms with van der Waals surface area (Å²) in [6.07, 6.45) is 1.66. The fourth-order valence-corrected chi connectivity index (χ4v) is 3.66. The molecule has 2 aliphatic heterocycles. The minimum Gasteiger partial charge on any atom is -0.425 e. The van der Waals surface area contributed by atoms with Crippen LogP contribution in [0.1, 0.15) is 57.7 Å². The van der Waals surface area contributed by atoms with Gasteiger partial charge >= 0.3 is 0 Å². The Balaban J connectivity index is 1.31. The molecule has 0 unspecified atom stereocenters. The Morgan fingerprint density at radius 3 is 2.30 bits per heavy atom. The summed E-state index contributed by atoms with van der Waals surface area (Å²) in [5.74, 6) is 0.649. The smallest absolute Gasteiger partial charge is 0.261 e. The third-order valence-electron chi connectivity index (χ3n) is 5.17. The van der Waals surface area contributed by atoms with E-state index in [9.17, 15) is 14.4 Å². The molecular formula is C19H20N4O4. The highest BCUT2D eigenvalue weighted by Crippen LogP contribution is 2.27. The standard InChI is InChI=1S/C19H20N4O4/c1-12-20-21-17(27-12)13-6-9-22(10-7-13)16(24)8-11-23-18(25)14-4-2-3-5-15(14)19(23)26/h2-5,13H,6-11H2,1H3. The molecule has 0 bridgehead atoms. The van der Waals surface area contributed by atoms with E-state index in [2.05, 4.69) is 10.2 Å². The number of rotatable bonds is 4. The number of amides is 3. The second-order valence-electron chi connectivity index (χ2n) is 6.87. The van der Waals surface area contributed by atoms with Crippen LogP contribution < -0.4 is 0 Å². The monoisotopic (exact) mass is 368 g/mol. The summed E-state index contributed by atoms with van der Waals surface area (Å²) < 4.78 is 5.48. The summed E-state index contributed by atoms with van der Waals surface area (Å²) in [5.41, 5.74) is 0.816. The molecule has 8 nitrogen and oxygen atoms in total. The highest BCUT2D eigenvalue weighted by Gasteiger charge is 2.35. The van der Waals surface area contributed by atoms with Crippen LogP contribution in [0.2, 0.25) is 0 Å². The van der Waals surface area contributed by atoms with E-state index < -0.39 is 0 Å². The first-order valence-corrected chi connectivity index (χ1v) is 9.07. The zero-order chi connectivity index (χ0) is 19.0. The lowest BCUT2D eigenvalue weighted by Crippen LogP contribution is -2.40. The fourth-order valence-electron chi connectivity index (χ4n) is 3.66. The average Bonchev–Trinajstić information content (AvgIpc) is 3.23. The van der Waals surface area contributed by atoms with Gasteiger partial charge < -0.3 is 9.32 Å². The van der Waals surface area contributed by atoms with E-state index in [0.717, 1.165) is 17.7 Å². The molecule has 1 aromatic carbocycles. The SMILES string of the molecule is Cc1nnc(C2CCN(C(=O)CCN3C(=O)c4ccccc4C3=O)CC2)o1. The summed E-state index contributed by atoms with van der Waals surface area (Å²) >= 11 is 0. The van der Waals surface area contributed by atoms with Gasteiger partial charge in [0.2, 0.25) is 17.7 Å². The second kappa shape index (κ2) is 6.94. The molecule has 0 atom stereocenters. The van der Waals surface area contributed by atoms with E-state index in [1.54, 1.807) is 36.1 Å². The number of piperidine rings is 1. The molecule has 3 amide bonds. The Kier molecular flexibility index (Phi) is 4.47. The zero-order valence-electron chi connectivity index (χ0n) is 15.1. The van der Waals surface area contributed by atoms with Gasteiger partial charge in [0.05, 0.1) is 11.1 Å². The Bertz CT molecular complexity index is 864. The fraction of sp³-hybridized carbons (Fsp3) is 0.421. The van der Waals surface area contributed by atoms with Gasteiger partial charge in [0.1, 0.15) is 0 Å². The van der Waals surface area contributed by atoms with Gasteiger partial charge in [-0.2, -0.15) is 0 Å². The van der Waals surface area contributed by atoms with Gasteiger partial charge in [-0.15, -0.1) is 10.2 Å². The highest BCUT2D eigenvalue weighted by molar-refractivity contribution is 6.21. The van der Waals surface area contributed by atoms with Crippen molar-refractivity contribution in [2.24, 2.45) is 0 Å². The van der Waals surface area contributed by atoms with Crippen LogP contribution in [-0.2, 0) is 4.79 Å². The van der Waals surface area contributed by atoms with Crippen molar-refractivity contribution in [2.45, 2.75) is 32.1 Å². The third-order valence-corrected chi connectivity index (χ3v) is 5.17. The number of aromatic nitrogens is 2. The Morgan fingerprint density at radius 1 is 1.11 bits per heavy atom. The molecule has 1 aromatic heterocycles. The summed E-state index contributed by atoms with van der Waals surface area (Å²) in [6.45, 7) is 3.07. The largest absolute Gasteiger partial charge is 0.425 e. The van der Waals surface area contributed by atoms with Crippen LogP contribution >= 0.6 is 0 Å². The first-order valence-electron chi connectivity index (χ1n) is 9.07. The summed E-state index contributed by atoms with van der Waals surface area (Å²) in [4.78, 5) is 40.2. The molecule has 0 N–H and O–H groups in total. The lowest BCUT2D eigenvalue weighted by molar-refractivity contribution is -0.132. The van der Waals surface area contributed by atoms with Gasteiger partial charge in [-0.3, -0.25) is 19.3 Å². The molecule has 1 saturated heterocycles. The van der Waals surface area contributed by atoms with Crippen LogP contribution in [0.15, 0.2) is 28.7 Å². The Morgan fingerprint density at radius 2 is 1.74 bits per heavy atom. The maximum Gasteiger partial charge on any atom is 0.261 e. The van der Waals surface area contributed by atoms with Crippen molar-refractivity contribution >= 4 is 17.7 Å². The average molecular weight is 368 g/mol. The number of nitrogens with zero attached hydrogens (tertiary/aromatic N) is 4. The maximum atomic E-state index is 12.5. The van der Waals surface area contributed by atoms with Crippen LogP contribution in [0.5, 0.6) is 0 Å². The van der Waals surface area contributed by atoms with E-state index in [-0.39, 0.29) is 36.6 Å². The lowest BCUT2D eigenvalue weighted by atomic mass is 9.96. The lowest BCUT2D eigenvalue weighted by Gasteiger charge is -2.30. The molecule has 0 radical (unpaired) electrons. The van der Waals surface area contributed by atoms with Crippen LogP contribution in [0, 0.1) is 6.92 Å². The number of carbonyl (C=O) groups is 3. The summed E-state index contributed by atoms with van der Waals surface area (Å²) in [6, 6.07) is 6.74. The van der Waals surface area contributed by atoms with Crippen LogP contribution in [0.4, 0.5) is 0 Å². The normalized spacial score (nSPS) is 17.5. The maximum absolute atomic E-state index is 12.5. The van der Waals surface area contributed by atoms with Crippen molar-refractivity contribution in [3.63, 3.8) is 0 Å². The Hall–Kier alpha value is -3.03. The predicted octanol–water partition coefficient (Wildman–Crippen LogP) is 1.77. The van der Waals surface area contributed by atoms with Crippen molar-refractivity contribution in [3.8, 4) is 0 Å². The van der Waals surface area contributed by atoms with Gasteiger partial charge in [0, 0.05) is 38.9 Å². The van der Waals surface area contributed by atoms with Crippen molar-refractivity contribution < 1.29 is 18.8 Å². The number of hydrogen-bond donors (Lipinski definition) is 0. The van der Waals surface area contributed by atoms with E-state index >= 15 is 0 Å². The first-order chi connectivity index (χ1) is 13.0. The first kappa shape index (κ1) is 17.4. The van der Waals surface area contributed by atoms with Crippen LogP contribution in [-0.4, -0.2) is 57.4 Å². The van der Waals surface area contributed by atoms with Crippen molar-refractivity contribution in [1.29, 1.82) is 0 Å². The number of likely N-dealkylation sites (tertiary alicyclic amines) is 1. The summed E-state index contributed by atoms with van der Waals surface area (Å²) in [5, 5.41) is 7.92. The molecule has 0 saturated carbocycles. The molecule has 0 spiro atoms. The zero-order valence-corrected chi connectivity index (χ0v) is 15.1. The van der Waals surface area contributed by atoms with E-state index in [0.29, 0.717) is 36.0 Å². The second-order valence-corrected chi connectivity index (χ2v) is 6.87. The van der Waals surface area contributed by atoms with E-state index in [1.165, 1.54) is 0 Å². The number of benzene rings is 1. The molecule has 2 aromatic rings. The van der Waals surface area contributed by atoms with Gasteiger partial charge in [0.15, 0.2) is 0 Å². The molecule has 3 heterocycles. The third kappa shape index (κ3) is 3.22. The van der Waals surface area contributed by atoms with Crippen molar-refractivity contribution in [3.05, 3.63) is 47.2 Å². The molecule has 8 heteroatoms. The van der Waals surface area contributed by atoms with E-state index in [4.69, 9.17) is 4.42 Å². The number of carbonyl (C=O) groups excluding carboxylic acids is 3. The van der Waals surface area contributed by atoms with Crippen LogP contribution in [0.3, 0.4) is 0 Å². The van der Waals surface area contributed by atoms with Gasteiger partial charge in [0.25, 0.3) is 11.8 Å². The molecule has 1 fully saturated rings. The molecular weight excluding hydrogens is 348 g/mol. The van der Waals surface area contributed by atoms with Crippen molar-refractivity contribution in [2.75, 3.05) is 19.6 Å². The van der Waals surface area contributed by atoms with Gasteiger partial charge in [-0.05, 0) is 25.0 Å². The molecule has 0 aliphatic carbocycles. The molecule has 4 rings (SSSR count). The quantitative estimate of drug-likeness (QED) is 0.763. The number of aryl methyl sites for hydroxylation is 1. The summed E-state index contributed by atoms with van der Waals surface area (Å²) in [7, 11) is 0. The number of hydrogen-bond acceptors (Lipinski definition) is 6. The molecule has 27 heavy (non-hydrogen) atoms. The predicted molar refractivity (Wildman–Crippen MR) is 94.0 cm³/mol. The minimum absolute atomic E-state index is 0.0493. The van der Waals surface area contributed by atoms with Gasteiger partial charge in [-0.1, -0.05) is 12.1 Å². The Labute approximate surface area is 156 Å². The minimum atomic E-state index is -0.325. The van der Waals surface area contributed by atoms with Crippen LogP contribution in [0.25, 0.3) is 0 Å². The number of imide groups is 1. The molecule has 140 valence electrons. The van der Waals surface area contributed by atoms with Crippen molar-refractivity contribution in [1.82, 2.24) is 20.0 Å². The van der Waals surface area contributed by atoms with E-state index in [1.807, 2.05) is 0 Å². The van der Waals surface area contributed by atoms with Gasteiger partial charge in [-0.25, -0.2) is 0 Å². The number of fused-ring (bicyclic) bond motifs is 1. The topological polar surface area (TPSA) is 96.6 Å². The molecule has 2 aliphatic rings. The highest BCUT2D eigenvalue weighted by atomic mass is 16.4.